The van der Waals surface area contributed by atoms with Gasteiger partial charge in [-0.3, -0.25) is 4.90 Å². The first-order valence-corrected chi connectivity index (χ1v) is 3.51. The molecule has 1 saturated heterocycles. The number of hydrogen-bond acceptors (Lipinski definition) is 1. The van der Waals surface area contributed by atoms with Crippen LogP contribution in [0.3, 0.4) is 0 Å². The average Bonchev–Trinajstić information content (AvgIpc) is 2.37. The number of rotatable bonds is 1. The van der Waals surface area contributed by atoms with Gasteiger partial charge in [0.2, 0.25) is 0 Å². The lowest BCUT2D eigenvalue weighted by molar-refractivity contribution is 0.308. The van der Waals surface area contributed by atoms with Crippen LogP contribution in [0.5, 0.6) is 0 Å². The Bertz CT molecular complexity index is 117. The van der Waals surface area contributed by atoms with Crippen molar-refractivity contribution >= 4 is 0 Å². The van der Waals surface area contributed by atoms with Crippen molar-refractivity contribution < 1.29 is 0 Å². The maximum absolute atomic E-state index is 6.88. The van der Waals surface area contributed by atoms with Gasteiger partial charge in [0.15, 0.2) is 0 Å². The van der Waals surface area contributed by atoms with E-state index in [1.54, 1.807) is 0 Å². The third-order valence-electron chi connectivity index (χ3n) is 1.90. The van der Waals surface area contributed by atoms with Crippen molar-refractivity contribution in [2.24, 2.45) is 0 Å². The van der Waals surface area contributed by atoms with Gasteiger partial charge in [-0.25, -0.2) is 0 Å². The number of likely N-dealkylation sites (tertiary alicyclic amines) is 1. The minimum absolute atomic E-state index is 0.243. The molecule has 1 heteroatoms. The lowest BCUT2D eigenvalue weighted by atomic mass is 10.3. The second-order valence-electron chi connectivity index (χ2n) is 2.56. The van der Waals surface area contributed by atoms with Crippen LogP contribution in [0.25, 0.3) is 0 Å². The van der Waals surface area contributed by atoms with E-state index in [9.17, 15) is 0 Å². The van der Waals surface area contributed by atoms with Gasteiger partial charge < -0.3 is 0 Å². The molecule has 0 aromatic carbocycles. The van der Waals surface area contributed by atoms with Crippen LogP contribution in [0.4, 0.5) is 0 Å². The minimum atomic E-state index is 0.243. The minimum Gasteiger partial charge on any atom is -0.290 e. The average molecular weight is 122 g/mol. The first-order chi connectivity index (χ1) is 4.34. The predicted octanol–water partition coefficient (Wildman–Crippen LogP) is 1.06. The smallest absolute Gasteiger partial charge is 0.0696 e. The summed E-state index contributed by atoms with van der Waals surface area (Å²) in [6.07, 6.45) is 9.48. The van der Waals surface area contributed by atoms with Crippen molar-refractivity contribution in [2.45, 2.75) is 25.8 Å². The molecule has 1 rings (SSSR count). The molecule has 9 heavy (non-hydrogen) atoms. The highest BCUT2D eigenvalue weighted by atomic mass is 15.2. The second-order valence-corrected chi connectivity index (χ2v) is 2.56. The highest BCUT2D eigenvalue weighted by molar-refractivity contribution is 4.93. The van der Waals surface area contributed by atoms with Crippen molar-refractivity contribution in [3.63, 3.8) is 0 Å². The predicted molar refractivity (Wildman–Crippen MR) is 37.4 cm³/mol. The zero-order valence-corrected chi connectivity index (χ0v) is 5.85. The fourth-order valence-electron chi connectivity index (χ4n) is 1.22. The monoisotopic (exact) mass is 122 g/mol. The molecule has 0 aliphatic carbocycles. The zero-order valence-electron chi connectivity index (χ0n) is 5.85. The molecule has 1 fully saturated rings. The quantitative estimate of drug-likeness (QED) is 0.470. The van der Waals surface area contributed by atoms with E-state index in [0.29, 0.717) is 0 Å². The molecule has 1 radical (unpaired) electrons. The summed E-state index contributed by atoms with van der Waals surface area (Å²) in [6.45, 7) is 4.35. The summed E-state index contributed by atoms with van der Waals surface area (Å²) in [4.78, 5) is 2.28. The number of nitrogens with zero attached hydrogens (tertiary/aromatic N) is 1. The van der Waals surface area contributed by atoms with E-state index >= 15 is 0 Å². The summed E-state index contributed by atoms with van der Waals surface area (Å²) in [6, 6.07) is 0.243. The molecule has 1 aliphatic rings. The van der Waals surface area contributed by atoms with Crippen LogP contribution in [0, 0.1) is 12.3 Å². The van der Waals surface area contributed by atoms with Gasteiger partial charge in [0.1, 0.15) is 0 Å². The molecule has 0 spiro atoms. The van der Waals surface area contributed by atoms with E-state index in [1.807, 2.05) is 6.92 Å². The van der Waals surface area contributed by atoms with E-state index in [4.69, 9.17) is 6.42 Å². The summed E-state index contributed by atoms with van der Waals surface area (Å²) in [5.74, 6) is 2.48. The van der Waals surface area contributed by atoms with Crippen LogP contribution < -0.4 is 0 Å². The standard InChI is InChI=1S/C8H12N/c1-3-8(2)9-6-4-5-7-9/h8H,4-7H2,2H3. The molecule has 0 amide bonds. The fraction of sp³-hybridized carbons (Fsp3) is 0.750. The summed E-state index contributed by atoms with van der Waals surface area (Å²) in [7, 11) is 0. The highest BCUT2D eigenvalue weighted by Crippen LogP contribution is 2.09. The van der Waals surface area contributed by atoms with Gasteiger partial charge in [0.05, 0.1) is 6.04 Å². The maximum Gasteiger partial charge on any atom is 0.0696 e. The van der Waals surface area contributed by atoms with Crippen molar-refractivity contribution in [2.75, 3.05) is 13.1 Å². The molecule has 49 valence electrons. The fourth-order valence-corrected chi connectivity index (χ4v) is 1.22. The summed E-state index contributed by atoms with van der Waals surface area (Å²) < 4.78 is 0. The van der Waals surface area contributed by atoms with Crippen LogP contribution in [0.2, 0.25) is 0 Å². The van der Waals surface area contributed by atoms with E-state index in [1.165, 1.54) is 12.8 Å². The van der Waals surface area contributed by atoms with Gasteiger partial charge in [-0.1, -0.05) is 5.92 Å². The lowest BCUT2D eigenvalue weighted by Gasteiger charge is -2.17. The Hall–Kier alpha value is -0.480. The van der Waals surface area contributed by atoms with E-state index in [0.717, 1.165) is 13.1 Å². The van der Waals surface area contributed by atoms with E-state index in [2.05, 4.69) is 10.8 Å². The van der Waals surface area contributed by atoms with Crippen molar-refractivity contribution in [1.29, 1.82) is 0 Å². The number of hydrogen-bond donors (Lipinski definition) is 0. The molecule has 1 unspecified atom stereocenters. The van der Waals surface area contributed by atoms with Gasteiger partial charge in [-0.05, 0) is 39.3 Å². The van der Waals surface area contributed by atoms with Gasteiger partial charge in [-0.2, -0.15) is 0 Å². The summed E-state index contributed by atoms with van der Waals surface area (Å²) >= 11 is 0. The van der Waals surface area contributed by atoms with Crippen molar-refractivity contribution in [3.8, 4) is 5.92 Å². The Labute approximate surface area is 57.0 Å². The van der Waals surface area contributed by atoms with Crippen LogP contribution in [0.1, 0.15) is 19.8 Å². The summed E-state index contributed by atoms with van der Waals surface area (Å²) in [5, 5.41) is 0. The molecule has 0 aromatic heterocycles. The Kier molecular flexibility index (Phi) is 2.13. The molecule has 1 atom stereocenters. The highest BCUT2D eigenvalue weighted by Gasteiger charge is 2.15. The molecule has 1 aliphatic heterocycles. The molecule has 0 N–H and O–H groups in total. The largest absolute Gasteiger partial charge is 0.290 e. The zero-order chi connectivity index (χ0) is 6.69. The van der Waals surface area contributed by atoms with Crippen LogP contribution in [0.15, 0.2) is 0 Å². The molecule has 1 nitrogen and oxygen atoms in total. The molecule has 0 aromatic rings. The van der Waals surface area contributed by atoms with Gasteiger partial charge in [-0.15, -0.1) is 0 Å². The first-order valence-electron chi connectivity index (χ1n) is 3.51. The van der Waals surface area contributed by atoms with Crippen LogP contribution in [-0.2, 0) is 0 Å². The van der Waals surface area contributed by atoms with Gasteiger partial charge in [0, 0.05) is 0 Å². The normalized spacial score (nSPS) is 23.6. The topological polar surface area (TPSA) is 3.24 Å². The SMILES string of the molecule is [C]#CC(C)N1CCCC1. The Balaban J connectivity index is 2.34. The third-order valence-corrected chi connectivity index (χ3v) is 1.90. The van der Waals surface area contributed by atoms with Crippen molar-refractivity contribution in [1.82, 2.24) is 4.90 Å². The first kappa shape index (κ1) is 6.64. The maximum atomic E-state index is 6.88. The second kappa shape index (κ2) is 2.89. The van der Waals surface area contributed by atoms with Crippen LogP contribution >= 0.6 is 0 Å². The molecular formula is C8H12N. The summed E-state index contributed by atoms with van der Waals surface area (Å²) in [5.41, 5.74) is 0. The molecule has 1 heterocycles. The van der Waals surface area contributed by atoms with E-state index in [-0.39, 0.29) is 6.04 Å². The Morgan fingerprint density at radius 2 is 2.00 bits per heavy atom. The Morgan fingerprint density at radius 1 is 1.44 bits per heavy atom. The van der Waals surface area contributed by atoms with Gasteiger partial charge in [0.25, 0.3) is 0 Å². The molecule has 0 saturated carbocycles. The van der Waals surface area contributed by atoms with Crippen molar-refractivity contribution in [3.05, 3.63) is 6.42 Å². The van der Waals surface area contributed by atoms with Gasteiger partial charge >= 0.3 is 0 Å². The van der Waals surface area contributed by atoms with E-state index < -0.39 is 0 Å². The molecule has 0 bridgehead atoms. The van der Waals surface area contributed by atoms with Crippen LogP contribution in [-0.4, -0.2) is 24.0 Å². The molecular weight excluding hydrogens is 110 g/mol. The lowest BCUT2D eigenvalue weighted by Crippen LogP contribution is -2.28. The Morgan fingerprint density at radius 3 is 2.44 bits per heavy atom. The third kappa shape index (κ3) is 1.46.